The van der Waals surface area contributed by atoms with Gasteiger partial charge in [-0.3, -0.25) is 4.79 Å². The maximum absolute atomic E-state index is 11.1. The maximum atomic E-state index is 11.1. The summed E-state index contributed by atoms with van der Waals surface area (Å²) in [5, 5.41) is 2.55. The van der Waals surface area contributed by atoms with Crippen LogP contribution in [0.3, 0.4) is 0 Å². The third kappa shape index (κ3) is 4.63. The minimum Gasteiger partial charge on any atom is -0.325 e. The average molecular weight is 262 g/mol. The van der Waals surface area contributed by atoms with E-state index in [2.05, 4.69) is 5.32 Å². The maximum Gasteiger partial charge on any atom is 0.239 e. The molecule has 1 aromatic rings. The Hall–Kier alpha value is -1.07. The Morgan fingerprint density at radius 1 is 1.44 bits per heavy atom. The van der Waals surface area contributed by atoms with Crippen molar-refractivity contribution in [3.05, 3.63) is 29.8 Å². The molecule has 1 N–H and O–H groups in total. The molecule has 0 unspecified atom stereocenters. The largest absolute Gasteiger partial charge is 0.325 e. The Kier molecular flexibility index (Phi) is 4.32. The Balaban J connectivity index is 2.83. The standard InChI is InChI=1S/C10H12ClNO3S/c1-16(14,15)7-8-3-2-4-9(5-8)12-10(13)6-11/h2-5H,6-7H2,1H3,(H,12,13). The Morgan fingerprint density at radius 2 is 2.12 bits per heavy atom. The van der Waals surface area contributed by atoms with Crippen LogP contribution < -0.4 is 5.32 Å². The van der Waals surface area contributed by atoms with Gasteiger partial charge in [0.1, 0.15) is 5.88 Å². The molecule has 88 valence electrons. The number of alkyl halides is 1. The fourth-order valence-electron chi connectivity index (χ4n) is 1.24. The molecule has 0 heterocycles. The highest BCUT2D eigenvalue weighted by molar-refractivity contribution is 7.89. The van der Waals surface area contributed by atoms with Crippen molar-refractivity contribution in [2.24, 2.45) is 0 Å². The van der Waals surface area contributed by atoms with Crippen LogP contribution in [0.15, 0.2) is 24.3 Å². The first-order chi connectivity index (χ1) is 7.40. The molecule has 6 heteroatoms. The van der Waals surface area contributed by atoms with Crippen molar-refractivity contribution in [1.29, 1.82) is 0 Å². The van der Waals surface area contributed by atoms with Gasteiger partial charge in [-0.2, -0.15) is 0 Å². The van der Waals surface area contributed by atoms with E-state index >= 15 is 0 Å². The quantitative estimate of drug-likeness (QED) is 0.834. The Bertz CT molecular complexity index is 485. The van der Waals surface area contributed by atoms with Gasteiger partial charge in [-0.05, 0) is 17.7 Å². The molecule has 1 rings (SSSR count). The van der Waals surface area contributed by atoms with E-state index in [1.165, 1.54) is 0 Å². The highest BCUT2D eigenvalue weighted by Gasteiger charge is 2.06. The SMILES string of the molecule is CS(=O)(=O)Cc1cccc(NC(=O)CCl)c1. The van der Waals surface area contributed by atoms with E-state index in [9.17, 15) is 13.2 Å². The van der Waals surface area contributed by atoms with Gasteiger partial charge in [-0.15, -0.1) is 11.6 Å². The number of amides is 1. The molecule has 0 saturated heterocycles. The average Bonchev–Trinajstić information content (AvgIpc) is 2.15. The smallest absolute Gasteiger partial charge is 0.239 e. The number of hydrogen-bond donors (Lipinski definition) is 1. The van der Waals surface area contributed by atoms with Crippen molar-refractivity contribution in [2.45, 2.75) is 5.75 Å². The summed E-state index contributed by atoms with van der Waals surface area (Å²) in [5.74, 6) is -0.494. The third-order valence-corrected chi connectivity index (χ3v) is 2.86. The van der Waals surface area contributed by atoms with Crippen molar-refractivity contribution in [1.82, 2.24) is 0 Å². The van der Waals surface area contributed by atoms with Crippen LogP contribution in [0, 0.1) is 0 Å². The first-order valence-electron chi connectivity index (χ1n) is 4.53. The molecule has 0 fully saturated rings. The van der Waals surface area contributed by atoms with Crippen molar-refractivity contribution in [3.8, 4) is 0 Å². The molecular weight excluding hydrogens is 250 g/mol. The van der Waals surface area contributed by atoms with E-state index < -0.39 is 9.84 Å². The van der Waals surface area contributed by atoms with Gasteiger partial charge in [0.15, 0.2) is 9.84 Å². The second-order valence-electron chi connectivity index (χ2n) is 3.45. The molecule has 1 amide bonds. The molecule has 4 nitrogen and oxygen atoms in total. The van der Waals surface area contributed by atoms with Crippen LogP contribution >= 0.6 is 11.6 Å². The predicted octanol–water partition coefficient (Wildman–Crippen LogP) is 1.41. The molecule has 16 heavy (non-hydrogen) atoms. The number of rotatable bonds is 4. The van der Waals surface area contributed by atoms with Crippen molar-refractivity contribution in [2.75, 3.05) is 17.5 Å². The van der Waals surface area contributed by atoms with E-state index in [1.807, 2.05) is 0 Å². The van der Waals surface area contributed by atoms with E-state index in [4.69, 9.17) is 11.6 Å². The molecule has 0 aromatic heterocycles. The normalized spacial score (nSPS) is 11.1. The molecule has 0 aliphatic carbocycles. The number of anilines is 1. The molecule has 0 spiro atoms. The highest BCUT2D eigenvalue weighted by Crippen LogP contribution is 2.12. The number of nitrogens with one attached hydrogen (secondary N) is 1. The monoisotopic (exact) mass is 261 g/mol. The van der Waals surface area contributed by atoms with Crippen LogP contribution in [0.5, 0.6) is 0 Å². The second kappa shape index (κ2) is 5.32. The lowest BCUT2D eigenvalue weighted by Gasteiger charge is -2.05. The zero-order chi connectivity index (χ0) is 12.2. The molecule has 0 atom stereocenters. The topological polar surface area (TPSA) is 63.2 Å². The molecular formula is C10H12ClNO3S. The molecule has 1 aromatic carbocycles. The molecule has 0 aliphatic rings. The molecule has 0 bridgehead atoms. The Labute approximate surface area is 99.5 Å². The number of hydrogen-bond acceptors (Lipinski definition) is 3. The van der Waals surface area contributed by atoms with Gasteiger partial charge in [-0.1, -0.05) is 12.1 Å². The van der Waals surface area contributed by atoms with Crippen molar-refractivity contribution < 1.29 is 13.2 Å². The third-order valence-electron chi connectivity index (χ3n) is 1.76. The van der Waals surface area contributed by atoms with Gasteiger partial charge in [-0.25, -0.2) is 8.42 Å². The van der Waals surface area contributed by atoms with Gasteiger partial charge in [0.25, 0.3) is 0 Å². The lowest BCUT2D eigenvalue weighted by atomic mass is 10.2. The van der Waals surface area contributed by atoms with Crippen molar-refractivity contribution >= 4 is 33.0 Å². The zero-order valence-corrected chi connectivity index (χ0v) is 10.3. The molecule has 0 radical (unpaired) electrons. The van der Waals surface area contributed by atoms with Crippen LogP contribution in [0.2, 0.25) is 0 Å². The van der Waals surface area contributed by atoms with Gasteiger partial charge in [0, 0.05) is 11.9 Å². The number of benzene rings is 1. The molecule has 0 saturated carbocycles. The summed E-state index contributed by atoms with van der Waals surface area (Å²) in [6.45, 7) is 0. The number of halogens is 1. The second-order valence-corrected chi connectivity index (χ2v) is 5.86. The summed E-state index contributed by atoms with van der Waals surface area (Å²) < 4.78 is 22.2. The summed E-state index contributed by atoms with van der Waals surface area (Å²) in [6.07, 6.45) is 1.16. The Morgan fingerprint density at radius 3 is 2.69 bits per heavy atom. The number of carbonyl (C=O) groups excluding carboxylic acids is 1. The van der Waals surface area contributed by atoms with E-state index in [0.717, 1.165) is 6.26 Å². The highest BCUT2D eigenvalue weighted by atomic mass is 35.5. The van der Waals surface area contributed by atoms with Crippen molar-refractivity contribution in [3.63, 3.8) is 0 Å². The van der Waals surface area contributed by atoms with E-state index in [0.29, 0.717) is 11.3 Å². The van der Waals surface area contributed by atoms with Crippen LogP contribution in [0.25, 0.3) is 0 Å². The summed E-state index contributed by atoms with van der Waals surface area (Å²) >= 11 is 5.34. The minimum atomic E-state index is -3.07. The molecule has 0 aliphatic heterocycles. The first kappa shape index (κ1) is 13.0. The fourth-order valence-corrected chi connectivity index (χ4v) is 2.09. The predicted molar refractivity (Wildman–Crippen MR) is 64.3 cm³/mol. The summed E-state index contributed by atoms with van der Waals surface area (Å²) in [6, 6.07) is 6.67. The summed E-state index contributed by atoms with van der Waals surface area (Å²) in [7, 11) is -3.07. The minimum absolute atomic E-state index is 0.0441. The van der Waals surface area contributed by atoms with Crippen LogP contribution in [0.1, 0.15) is 5.56 Å². The van der Waals surface area contributed by atoms with Crippen LogP contribution in [-0.2, 0) is 20.4 Å². The van der Waals surface area contributed by atoms with Gasteiger partial charge >= 0.3 is 0 Å². The van der Waals surface area contributed by atoms with Gasteiger partial charge in [0.05, 0.1) is 5.75 Å². The summed E-state index contributed by atoms with van der Waals surface area (Å²) in [4.78, 5) is 11.0. The van der Waals surface area contributed by atoms with E-state index in [1.54, 1.807) is 24.3 Å². The first-order valence-corrected chi connectivity index (χ1v) is 7.13. The fraction of sp³-hybridized carbons (Fsp3) is 0.300. The number of carbonyl (C=O) groups is 1. The number of sulfone groups is 1. The van der Waals surface area contributed by atoms with Crippen LogP contribution in [-0.4, -0.2) is 26.5 Å². The van der Waals surface area contributed by atoms with Gasteiger partial charge < -0.3 is 5.32 Å². The lowest BCUT2D eigenvalue weighted by molar-refractivity contribution is -0.113. The van der Waals surface area contributed by atoms with E-state index in [-0.39, 0.29) is 17.5 Å². The summed E-state index contributed by atoms with van der Waals surface area (Å²) in [5.41, 5.74) is 1.18. The van der Waals surface area contributed by atoms with Gasteiger partial charge in [0.2, 0.25) is 5.91 Å². The lowest BCUT2D eigenvalue weighted by Crippen LogP contribution is -2.12. The zero-order valence-electron chi connectivity index (χ0n) is 8.73. The van der Waals surface area contributed by atoms with Crippen LogP contribution in [0.4, 0.5) is 5.69 Å².